The molecule has 42 heavy (non-hydrogen) atoms. The highest BCUT2D eigenvalue weighted by molar-refractivity contribution is 5.71. The molecule has 4 aliphatic carbocycles. The van der Waals surface area contributed by atoms with Crippen molar-refractivity contribution >= 4 is 5.97 Å². The number of ether oxygens (including phenoxy) is 3. The van der Waals surface area contributed by atoms with E-state index in [1.54, 1.807) is 6.92 Å². The summed E-state index contributed by atoms with van der Waals surface area (Å²) in [6.45, 7) is 17.1. The quantitative estimate of drug-likeness (QED) is 0.0670. The normalized spacial score (nSPS) is 40.0. The van der Waals surface area contributed by atoms with Gasteiger partial charge in [0.1, 0.15) is 12.1 Å². The fraction of sp³-hybridized carbons (Fsp3) is 0.971. The van der Waals surface area contributed by atoms with Gasteiger partial charge in [0.15, 0.2) is 0 Å². The summed E-state index contributed by atoms with van der Waals surface area (Å²) < 4.78 is 18.2. The van der Waals surface area contributed by atoms with Crippen molar-refractivity contribution in [3.8, 4) is 0 Å². The molecule has 1 aliphatic heterocycles. The Labute approximate surface area is 256 Å². The van der Waals surface area contributed by atoms with Crippen LogP contribution >= 0.6 is 0 Å². The van der Waals surface area contributed by atoms with E-state index < -0.39 is 0 Å². The molecule has 5 rings (SSSR count). The third-order valence-electron chi connectivity index (χ3n) is 12.3. The maximum Gasteiger partial charge on any atom is 0.322 e. The number of rotatable bonds is 14. The maximum absolute atomic E-state index is 11.9. The minimum Gasteiger partial charge on any atom is -0.465 e. The van der Waals surface area contributed by atoms with Gasteiger partial charge in [0.2, 0.25) is 0 Å². The predicted molar refractivity (Wildman–Crippen MR) is 165 cm³/mol. The van der Waals surface area contributed by atoms with Crippen LogP contribution in [-0.2, 0) is 28.9 Å². The van der Waals surface area contributed by atoms with Crippen LogP contribution in [0.4, 0.5) is 0 Å². The number of epoxide rings is 1. The van der Waals surface area contributed by atoms with Crippen LogP contribution in [0.15, 0.2) is 0 Å². The minimum atomic E-state index is -0.332. The first kappa shape index (κ1) is 34.1. The topological polar surface area (TPSA) is 69.8 Å². The summed E-state index contributed by atoms with van der Waals surface area (Å²) in [5.41, 5.74) is 0.823. The summed E-state index contributed by atoms with van der Waals surface area (Å²) in [7, 11) is 1.44. The molecule has 0 aromatic heterocycles. The van der Waals surface area contributed by atoms with Gasteiger partial charge in [0.25, 0.3) is 0 Å². The van der Waals surface area contributed by atoms with E-state index >= 15 is 0 Å². The number of hydroxylamine groups is 2. The van der Waals surface area contributed by atoms with Gasteiger partial charge >= 0.3 is 5.97 Å². The molecule has 1 saturated heterocycles. The van der Waals surface area contributed by atoms with E-state index in [-0.39, 0.29) is 29.6 Å². The molecule has 0 N–H and O–H groups in total. The van der Waals surface area contributed by atoms with Gasteiger partial charge in [0, 0.05) is 11.8 Å². The molecule has 5 fully saturated rings. The number of hydrogen-bond donors (Lipinski definition) is 0. The Morgan fingerprint density at radius 2 is 1.83 bits per heavy atom. The average molecular weight is 594 g/mol. The Morgan fingerprint density at radius 3 is 2.55 bits per heavy atom. The van der Waals surface area contributed by atoms with Gasteiger partial charge in [-0.2, -0.15) is 0 Å². The second kappa shape index (κ2) is 14.6. The first-order valence-electron chi connectivity index (χ1n) is 17.6. The molecular formula is C35H63NO6. The van der Waals surface area contributed by atoms with Crippen LogP contribution in [0.5, 0.6) is 0 Å². The highest BCUT2D eigenvalue weighted by atomic mass is 17.3. The smallest absolute Gasteiger partial charge is 0.322 e. The molecule has 9 unspecified atom stereocenters. The fourth-order valence-electron chi connectivity index (χ4n) is 10.2. The Morgan fingerprint density at radius 1 is 1.05 bits per heavy atom. The summed E-state index contributed by atoms with van der Waals surface area (Å²) in [6, 6.07) is 0. The number of esters is 1. The highest BCUT2D eigenvalue weighted by Gasteiger charge is 2.76. The van der Waals surface area contributed by atoms with Gasteiger partial charge < -0.3 is 14.2 Å². The van der Waals surface area contributed by atoms with Gasteiger partial charge in [-0.3, -0.25) is 4.79 Å². The second-order valence-corrected chi connectivity index (χ2v) is 14.7. The molecule has 0 bridgehead atoms. The molecule has 9 atom stereocenters. The van der Waals surface area contributed by atoms with Crippen molar-refractivity contribution < 1.29 is 28.9 Å². The van der Waals surface area contributed by atoms with E-state index in [4.69, 9.17) is 24.1 Å². The van der Waals surface area contributed by atoms with E-state index in [0.29, 0.717) is 31.3 Å². The second-order valence-electron chi connectivity index (χ2n) is 14.7. The zero-order chi connectivity index (χ0) is 30.5. The lowest BCUT2D eigenvalue weighted by Crippen LogP contribution is -2.58. The van der Waals surface area contributed by atoms with Crippen molar-refractivity contribution in [2.45, 2.75) is 143 Å². The molecular weight excluding hydrogens is 530 g/mol. The largest absolute Gasteiger partial charge is 0.465 e. The lowest BCUT2D eigenvalue weighted by atomic mass is 9.44. The number of unbranched alkanes of at least 4 members (excludes halogenated alkanes) is 1. The van der Waals surface area contributed by atoms with Gasteiger partial charge in [-0.15, -0.1) is 10.1 Å². The zero-order valence-corrected chi connectivity index (χ0v) is 28.3. The summed E-state index contributed by atoms with van der Waals surface area (Å²) in [4.78, 5) is 21.8. The van der Waals surface area contributed by atoms with Crippen molar-refractivity contribution in [3.63, 3.8) is 0 Å². The Bertz CT molecular complexity index is 868. The van der Waals surface area contributed by atoms with Crippen LogP contribution in [0.2, 0.25) is 0 Å². The average Bonchev–Trinajstić information content (AvgIpc) is 3.55. The number of carbonyl (C=O) groups is 1. The monoisotopic (exact) mass is 593 g/mol. The van der Waals surface area contributed by atoms with E-state index in [2.05, 4.69) is 27.7 Å². The summed E-state index contributed by atoms with van der Waals surface area (Å²) in [5.74, 6) is 3.95. The third-order valence-corrected chi connectivity index (χ3v) is 12.3. The van der Waals surface area contributed by atoms with Crippen LogP contribution in [0.3, 0.4) is 0 Å². The van der Waals surface area contributed by atoms with Crippen molar-refractivity contribution in [1.29, 1.82) is 0 Å². The lowest BCUT2D eigenvalue weighted by Gasteiger charge is -2.59. The molecule has 4 saturated carbocycles. The van der Waals surface area contributed by atoms with Crippen LogP contribution in [0.1, 0.15) is 126 Å². The summed E-state index contributed by atoms with van der Waals surface area (Å²) in [5, 5.41) is 1.46. The summed E-state index contributed by atoms with van der Waals surface area (Å²) in [6.07, 6.45) is 16.5. The molecule has 1 spiro atoms. The number of carbonyl (C=O) groups excluding carboxylic acids is 1. The molecule has 7 nitrogen and oxygen atoms in total. The van der Waals surface area contributed by atoms with Gasteiger partial charge in [-0.1, -0.05) is 60.8 Å². The standard InChI is InChI=1S/C33H57NO6.C2H6/c1-7-37-30(35)22-34(40-36-6)18-19-38-25-14-17-32(5)28-15-16-31(4)24(11-9-8-10-23(2)3)12-13-27(31)26(28)20-29-33(32,21-25)39-29;1-2/h23-29H,7-22H2,1-6H3;1-2H3. The molecule has 0 aromatic rings. The fourth-order valence-corrected chi connectivity index (χ4v) is 10.2. The molecule has 0 amide bonds. The lowest BCUT2D eigenvalue weighted by molar-refractivity contribution is -0.412. The van der Waals surface area contributed by atoms with Crippen molar-refractivity contribution in [1.82, 2.24) is 5.06 Å². The number of fused-ring (bicyclic) bond motifs is 4. The molecule has 7 heteroatoms. The van der Waals surface area contributed by atoms with E-state index in [1.807, 2.05) is 13.8 Å². The van der Waals surface area contributed by atoms with Crippen LogP contribution in [-0.4, -0.2) is 62.3 Å². The van der Waals surface area contributed by atoms with Crippen LogP contribution in [0, 0.1) is 40.4 Å². The predicted octanol–water partition coefficient (Wildman–Crippen LogP) is 7.76. The number of nitrogens with zero attached hydrogens (tertiary/aromatic N) is 1. The molecule has 0 aromatic carbocycles. The molecule has 0 radical (unpaired) electrons. The van der Waals surface area contributed by atoms with E-state index in [9.17, 15) is 4.79 Å². The highest BCUT2D eigenvalue weighted by Crippen LogP contribution is 2.74. The molecule has 1 heterocycles. The first-order chi connectivity index (χ1) is 20.2. The van der Waals surface area contributed by atoms with Crippen molar-refractivity contribution in [3.05, 3.63) is 0 Å². The van der Waals surface area contributed by atoms with Crippen LogP contribution < -0.4 is 0 Å². The van der Waals surface area contributed by atoms with E-state index in [1.165, 1.54) is 76.4 Å². The molecule has 244 valence electrons. The Hall–Kier alpha value is -0.730. The van der Waals surface area contributed by atoms with Crippen molar-refractivity contribution in [2.75, 3.05) is 33.4 Å². The van der Waals surface area contributed by atoms with Gasteiger partial charge in [0.05, 0.1) is 39.1 Å². The van der Waals surface area contributed by atoms with Gasteiger partial charge in [-0.25, -0.2) is 4.89 Å². The Kier molecular flexibility index (Phi) is 11.9. The minimum absolute atomic E-state index is 0.00727. The van der Waals surface area contributed by atoms with Gasteiger partial charge in [-0.05, 0) is 93.3 Å². The van der Waals surface area contributed by atoms with Crippen LogP contribution in [0.25, 0.3) is 0 Å². The van der Waals surface area contributed by atoms with E-state index in [0.717, 1.165) is 42.4 Å². The molecule has 5 aliphatic rings. The summed E-state index contributed by atoms with van der Waals surface area (Å²) >= 11 is 0. The SMILES string of the molecule is CC.CCOC(=O)CN(CCOC1CCC2(C)C3CCC4(C)C(CCCCC(C)C)CCC4C3CC3OC32C1)OOC. The van der Waals surface area contributed by atoms with Crippen molar-refractivity contribution in [2.24, 2.45) is 40.4 Å². The third kappa shape index (κ3) is 6.76. The maximum atomic E-state index is 11.9. The first-order valence-corrected chi connectivity index (χ1v) is 17.6. The zero-order valence-electron chi connectivity index (χ0n) is 28.3. The Balaban J connectivity index is 0.00000198. The number of hydrogen-bond acceptors (Lipinski definition) is 7.